The van der Waals surface area contributed by atoms with Crippen molar-refractivity contribution in [1.29, 1.82) is 0 Å². The second-order valence-corrected chi connectivity index (χ2v) is 7.59. The molecule has 0 bridgehead atoms. The Hall–Kier alpha value is -1.96. The fourth-order valence-corrected chi connectivity index (χ4v) is 3.99. The summed E-state index contributed by atoms with van der Waals surface area (Å²) in [6.07, 6.45) is 10.2. The average molecular weight is 390 g/mol. The summed E-state index contributed by atoms with van der Waals surface area (Å²) in [6.45, 7) is 2.48. The highest BCUT2D eigenvalue weighted by Gasteiger charge is 2.32. The van der Waals surface area contributed by atoms with Gasteiger partial charge in [0.1, 0.15) is 0 Å². The van der Waals surface area contributed by atoms with E-state index in [-0.39, 0.29) is 24.0 Å². The van der Waals surface area contributed by atoms with Crippen LogP contribution in [0.5, 0.6) is 0 Å². The molecular formula is C19H24ClN5O2. The third-order valence-electron chi connectivity index (χ3n) is 5.34. The van der Waals surface area contributed by atoms with Crippen molar-refractivity contribution in [2.75, 3.05) is 19.7 Å². The van der Waals surface area contributed by atoms with Crippen LogP contribution in [-0.4, -0.2) is 52.5 Å². The maximum Gasteiger partial charge on any atom is 0.223 e. The number of piperidine rings is 1. The molecule has 144 valence electrons. The lowest BCUT2D eigenvalue weighted by atomic mass is 9.95. The zero-order chi connectivity index (χ0) is 18.6. The van der Waals surface area contributed by atoms with Gasteiger partial charge in [-0.15, -0.1) is 0 Å². The maximum absolute atomic E-state index is 12.6. The molecule has 0 saturated carbocycles. The average Bonchev–Trinajstić information content (AvgIpc) is 3.32. The number of aromatic nitrogens is 3. The van der Waals surface area contributed by atoms with E-state index in [0.29, 0.717) is 18.1 Å². The third-order valence-corrected chi connectivity index (χ3v) is 5.54. The molecule has 2 fully saturated rings. The predicted molar refractivity (Wildman–Crippen MR) is 102 cm³/mol. The van der Waals surface area contributed by atoms with Gasteiger partial charge in [-0.05, 0) is 44.0 Å². The molecule has 0 radical (unpaired) electrons. The minimum absolute atomic E-state index is 0.0293. The van der Waals surface area contributed by atoms with Gasteiger partial charge in [-0.2, -0.15) is 5.10 Å². The van der Waals surface area contributed by atoms with Gasteiger partial charge in [0.2, 0.25) is 5.91 Å². The first-order valence-electron chi connectivity index (χ1n) is 9.47. The number of pyridine rings is 1. The molecule has 2 atom stereocenters. The highest BCUT2D eigenvalue weighted by Crippen LogP contribution is 2.23. The number of amides is 1. The highest BCUT2D eigenvalue weighted by atomic mass is 35.5. The topological polar surface area (TPSA) is 81.1 Å². The van der Waals surface area contributed by atoms with Gasteiger partial charge in [0.15, 0.2) is 0 Å². The van der Waals surface area contributed by atoms with E-state index in [2.05, 4.69) is 20.7 Å². The van der Waals surface area contributed by atoms with Gasteiger partial charge in [0.25, 0.3) is 0 Å². The molecular weight excluding hydrogens is 366 g/mol. The number of halogens is 1. The van der Waals surface area contributed by atoms with E-state index in [0.717, 1.165) is 43.6 Å². The van der Waals surface area contributed by atoms with Crippen LogP contribution in [-0.2, 0) is 16.0 Å². The summed E-state index contributed by atoms with van der Waals surface area (Å²) >= 11 is 6.01. The number of nitrogens with one attached hydrogen (secondary N) is 2. The molecule has 1 amide bonds. The lowest BCUT2D eigenvalue weighted by Crippen LogP contribution is -2.46. The zero-order valence-electron chi connectivity index (χ0n) is 15.1. The van der Waals surface area contributed by atoms with Crippen molar-refractivity contribution in [3.05, 3.63) is 41.4 Å². The van der Waals surface area contributed by atoms with Crippen molar-refractivity contribution in [2.24, 2.45) is 5.92 Å². The van der Waals surface area contributed by atoms with Crippen LogP contribution < -0.4 is 10.6 Å². The van der Waals surface area contributed by atoms with E-state index < -0.39 is 0 Å². The molecule has 4 heterocycles. The number of ether oxygens (including phenoxy) is 1. The normalized spacial score (nSPS) is 23.4. The fourth-order valence-electron chi connectivity index (χ4n) is 3.85. The second-order valence-electron chi connectivity index (χ2n) is 7.15. The summed E-state index contributed by atoms with van der Waals surface area (Å²) in [5.41, 5.74) is 1.95. The lowest BCUT2D eigenvalue weighted by molar-refractivity contribution is -0.126. The molecule has 1 unspecified atom stereocenters. The van der Waals surface area contributed by atoms with Gasteiger partial charge in [-0.25, -0.2) is 4.68 Å². The molecule has 0 aromatic carbocycles. The first-order chi connectivity index (χ1) is 13.2. The minimum atomic E-state index is -0.0651. The molecule has 2 aromatic rings. The van der Waals surface area contributed by atoms with E-state index in [1.807, 2.05) is 12.3 Å². The SMILES string of the molecule is O=C(N[C@H]1CCOC1Cc1cnccc1-n1cc(Cl)cn1)C1CCNCC1. The van der Waals surface area contributed by atoms with Crippen LogP contribution in [0.25, 0.3) is 5.69 Å². The van der Waals surface area contributed by atoms with Crippen LogP contribution in [0, 0.1) is 5.92 Å². The molecule has 7 nitrogen and oxygen atoms in total. The molecule has 2 saturated heterocycles. The van der Waals surface area contributed by atoms with Crippen molar-refractivity contribution < 1.29 is 9.53 Å². The second kappa shape index (κ2) is 8.37. The summed E-state index contributed by atoms with van der Waals surface area (Å²) in [4.78, 5) is 16.9. The largest absolute Gasteiger partial charge is 0.376 e. The molecule has 0 aliphatic carbocycles. The van der Waals surface area contributed by atoms with Gasteiger partial charge in [0.05, 0.1) is 29.1 Å². The number of carbonyl (C=O) groups excluding carboxylic acids is 1. The van der Waals surface area contributed by atoms with E-state index in [9.17, 15) is 4.79 Å². The Morgan fingerprint density at radius 1 is 1.33 bits per heavy atom. The van der Waals surface area contributed by atoms with E-state index >= 15 is 0 Å². The summed E-state index contributed by atoms with van der Waals surface area (Å²) in [6, 6.07) is 1.94. The number of carbonyl (C=O) groups is 1. The van der Waals surface area contributed by atoms with Gasteiger partial charge in [-0.1, -0.05) is 11.6 Å². The minimum Gasteiger partial charge on any atom is -0.376 e. The quantitative estimate of drug-likeness (QED) is 0.814. The van der Waals surface area contributed by atoms with Crippen molar-refractivity contribution in [3.63, 3.8) is 0 Å². The van der Waals surface area contributed by atoms with Gasteiger partial charge >= 0.3 is 0 Å². The first kappa shape index (κ1) is 18.4. The first-order valence-corrected chi connectivity index (χ1v) is 9.84. The highest BCUT2D eigenvalue weighted by molar-refractivity contribution is 6.30. The molecule has 4 rings (SSSR count). The Labute approximate surface area is 163 Å². The summed E-state index contributed by atoms with van der Waals surface area (Å²) < 4.78 is 7.69. The number of hydrogen-bond donors (Lipinski definition) is 2. The Kier molecular flexibility index (Phi) is 5.71. The zero-order valence-corrected chi connectivity index (χ0v) is 15.9. The molecule has 2 aliphatic rings. The molecule has 8 heteroatoms. The standard InChI is InChI=1S/C19H24ClN5O2/c20-15-11-23-25(12-15)17-3-7-22-10-14(17)9-18-16(4-8-27-18)24-19(26)13-1-5-21-6-2-13/h3,7,10-13,16,18,21H,1-2,4-6,8-9H2,(H,24,26)/t16-,18?/m0/s1. The fraction of sp³-hybridized carbons (Fsp3) is 0.526. The van der Waals surface area contributed by atoms with E-state index in [1.54, 1.807) is 23.3 Å². The van der Waals surface area contributed by atoms with Crippen LogP contribution in [0.2, 0.25) is 5.02 Å². The monoisotopic (exact) mass is 389 g/mol. The molecule has 27 heavy (non-hydrogen) atoms. The van der Waals surface area contributed by atoms with Crippen molar-refractivity contribution in [3.8, 4) is 5.69 Å². The Bertz CT molecular complexity index is 790. The van der Waals surface area contributed by atoms with Crippen LogP contribution >= 0.6 is 11.6 Å². The van der Waals surface area contributed by atoms with Crippen LogP contribution in [0.15, 0.2) is 30.9 Å². The number of hydrogen-bond acceptors (Lipinski definition) is 5. The van der Waals surface area contributed by atoms with Crippen molar-refractivity contribution in [2.45, 2.75) is 37.8 Å². The van der Waals surface area contributed by atoms with Crippen molar-refractivity contribution in [1.82, 2.24) is 25.4 Å². The molecule has 2 aromatic heterocycles. The smallest absolute Gasteiger partial charge is 0.223 e. The van der Waals surface area contributed by atoms with E-state index in [1.165, 1.54) is 0 Å². The van der Waals surface area contributed by atoms with Gasteiger partial charge in [-0.3, -0.25) is 9.78 Å². The molecule has 0 spiro atoms. The van der Waals surface area contributed by atoms with Gasteiger partial charge in [0, 0.05) is 37.5 Å². The summed E-state index contributed by atoms with van der Waals surface area (Å²) in [7, 11) is 0. The maximum atomic E-state index is 12.6. The summed E-state index contributed by atoms with van der Waals surface area (Å²) in [5, 5.41) is 11.4. The van der Waals surface area contributed by atoms with E-state index in [4.69, 9.17) is 16.3 Å². The third kappa shape index (κ3) is 4.31. The predicted octanol–water partition coefficient (Wildman–Crippen LogP) is 1.74. The van der Waals surface area contributed by atoms with Gasteiger partial charge < -0.3 is 15.4 Å². The summed E-state index contributed by atoms with van der Waals surface area (Å²) in [5.74, 6) is 0.259. The Morgan fingerprint density at radius 2 is 2.19 bits per heavy atom. The lowest BCUT2D eigenvalue weighted by Gasteiger charge is -2.26. The van der Waals surface area contributed by atoms with Crippen LogP contribution in [0.1, 0.15) is 24.8 Å². The molecule has 2 N–H and O–H groups in total. The molecule has 2 aliphatic heterocycles. The van der Waals surface area contributed by atoms with Crippen LogP contribution in [0.3, 0.4) is 0 Å². The number of rotatable bonds is 5. The Morgan fingerprint density at radius 3 is 2.96 bits per heavy atom. The number of nitrogens with zero attached hydrogens (tertiary/aromatic N) is 3. The Balaban J connectivity index is 1.45. The van der Waals surface area contributed by atoms with Crippen LogP contribution in [0.4, 0.5) is 0 Å². The van der Waals surface area contributed by atoms with Crippen molar-refractivity contribution >= 4 is 17.5 Å².